The standard InChI is InChI=1S/C12H16O5S/c1-15-7-2-4-8(5-3-7)16-12-11(14)10(13)9(6-18)17-12/h2-5,9-14,18H,6H2,1H3/t9-,10-,11+,12+/m0/s1. The number of thiol groups is 1. The highest BCUT2D eigenvalue weighted by atomic mass is 32.1. The molecule has 2 N–H and O–H groups in total. The van der Waals surface area contributed by atoms with Crippen molar-refractivity contribution in [3.63, 3.8) is 0 Å². The molecule has 2 rings (SSSR count). The van der Waals surface area contributed by atoms with Crippen molar-refractivity contribution < 1.29 is 24.4 Å². The fourth-order valence-corrected chi connectivity index (χ4v) is 2.05. The van der Waals surface area contributed by atoms with Crippen LogP contribution in [-0.4, -0.2) is 47.7 Å². The summed E-state index contributed by atoms with van der Waals surface area (Å²) in [5.41, 5.74) is 0. The monoisotopic (exact) mass is 272 g/mol. The maximum Gasteiger partial charge on any atom is 0.229 e. The van der Waals surface area contributed by atoms with Crippen LogP contribution in [0.2, 0.25) is 0 Å². The van der Waals surface area contributed by atoms with Crippen LogP contribution in [-0.2, 0) is 4.74 Å². The number of aliphatic hydroxyl groups is 2. The van der Waals surface area contributed by atoms with Crippen molar-refractivity contribution in [2.24, 2.45) is 0 Å². The fourth-order valence-electron chi connectivity index (χ4n) is 1.75. The molecule has 0 aliphatic carbocycles. The Morgan fingerprint density at radius 2 is 1.78 bits per heavy atom. The minimum atomic E-state index is -1.08. The lowest BCUT2D eigenvalue weighted by Crippen LogP contribution is -2.35. The van der Waals surface area contributed by atoms with Crippen molar-refractivity contribution >= 4 is 12.6 Å². The highest BCUT2D eigenvalue weighted by Crippen LogP contribution is 2.26. The molecule has 1 aromatic rings. The zero-order chi connectivity index (χ0) is 13.1. The molecule has 1 heterocycles. The smallest absolute Gasteiger partial charge is 0.229 e. The molecule has 0 unspecified atom stereocenters. The van der Waals surface area contributed by atoms with Gasteiger partial charge in [-0.05, 0) is 24.3 Å². The van der Waals surface area contributed by atoms with Gasteiger partial charge in [-0.25, -0.2) is 0 Å². The van der Waals surface area contributed by atoms with Crippen LogP contribution < -0.4 is 9.47 Å². The quantitative estimate of drug-likeness (QED) is 0.694. The van der Waals surface area contributed by atoms with E-state index in [-0.39, 0.29) is 0 Å². The van der Waals surface area contributed by atoms with Crippen LogP contribution in [0.25, 0.3) is 0 Å². The van der Waals surface area contributed by atoms with Gasteiger partial charge in [-0.2, -0.15) is 12.6 Å². The first-order valence-corrected chi connectivity index (χ1v) is 6.22. The molecule has 0 saturated carbocycles. The molecule has 18 heavy (non-hydrogen) atoms. The summed E-state index contributed by atoms with van der Waals surface area (Å²) in [5.74, 6) is 1.57. The lowest BCUT2D eigenvalue weighted by molar-refractivity contribution is -0.105. The molecular weight excluding hydrogens is 256 g/mol. The van der Waals surface area contributed by atoms with Gasteiger partial charge in [0.15, 0.2) is 0 Å². The molecule has 0 bridgehead atoms. The van der Waals surface area contributed by atoms with Crippen molar-refractivity contribution in [3.8, 4) is 11.5 Å². The lowest BCUT2D eigenvalue weighted by atomic mass is 10.1. The number of aliphatic hydroxyl groups excluding tert-OH is 2. The molecule has 1 fully saturated rings. The minimum Gasteiger partial charge on any atom is -0.497 e. The SMILES string of the molecule is COc1ccc(O[C@@H]2O[C@@H](CS)[C@H](O)[C@H]2O)cc1. The first kappa shape index (κ1) is 13.5. The largest absolute Gasteiger partial charge is 0.497 e. The third-order valence-electron chi connectivity index (χ3n) is 2.81. The Morgan fingerprint density at radius 3 is 2.28 bits per heavy atom. The van der Waals surface area contributed by atoms with E-state index < -0.39 is 24.6 Å². The van der Waals surface area contributed by atoms with Crippen molar-refractivity contribution in [2.75, 3.05) is 12.9 Å². The Bertz CT molecular complexity index is 383. The van der Waals surface area contributed by atoms with Gasteiger partial charge >= 0.3 is 0 Å². The normalized spacial score (nSPS) is 31.3. The van der Waals surface area contributed by atoms with Gasteiger partial charge in [0.25, 0.3) is 0 Å². The minimum absolute atomic E-state index is 0.320. The molecule has 0 amide bonds. The van der Waals surface area contributed by atoms with Crippen LogP contribution in [0.1, 0.15) is 0 Å². The fraction of sp³-hybridized carbons (Fsp3) is 0.500. The van der Waals surface area contributed by atoms with E-state index >= 15 is 0 Å². The maximum absolute atomic E-state index is 9.76. The highest BCUT2D eigenvalue weighted by Gasteiger charge is 2.43. The predicted molar refractivity (Wildman–Crippen MR) is 68.1 cm³/mol. The van der Waals surface area contributed by atoms with Gasteiger partial charge in [0.2, 0.25) is 6.29 Å². The average Bonchev–Trinajstić information content (AvgIpc) is 2.67. The summed E-state index contributed by atoms with van der Waals surface area (Å²) >= 11 is 4.04. The third-order valence-corrected chi connectivity index (χ3v) is 3.17. The molecule has 4 atom stereocenters. The zero-order valence-corrected chi connectivity index (χ0v) is 10.8. The summed E-state index contributed by atoms with van der Waals surface area (Å²) in [6, 6.07) is 6.89. The molecule has 5 nitrogen and oxygen atoms in total. The molecule has 1 aromatic carbocycles. The summed E-state index contributed by atoms with van der Waals surface area (Å²) in [5, 5.41) is 19.4. The van der Waals surface area contributed by atoms with Crippen molar-refractivity contribution in [2.45, 2.75) is 24.6 Å². The van der Waals surface area contributed by atoms with Crippen LogP contribution in [0.15, 0.2) is 24.3 Å². The van der Waals surface area contributed by atoms with Crippen molar-refractivity contribution in [1.82, 2.24) is 0 Å². The Kier molecular flexibility index (Phi) is 4.34. The van der Waals surface area contributed by atoms with Crippen LogP contribution in [0, 0.1) is 0 Å². The van der Waals surface area contributed by atoms with Gasteiger partial charge < -0.3 is 24.4 Å². The Labute approximate surface area is 111 Å². The lowest BCUT2D eigenvalue weighted by Gasteiger charge is -2.16. The van der Waals surface area contributed by atoms with E-state index in [1.165, 1.54) is 0 Å². The Morgan fingerprint density at radius 1 is 1.17 bits per heavy atom. The average molecular weight is 272 g/mol. The number of methoxy groups -OCH3 is 1. The number of hydrogen-bond donors (Lipinski definition) is 3. The molecule has 1 aliphatic rings. The van der Waals surface area contributed by atoms with E-state index in [1.807, 2.05) is 0 Å². The maximum atomic E-state index is 9.76. The number of hydrogen-bond acceptors (Lipinski definition) is 6. The van der Waals surface area contributed by atoms with E-state index in [2.05, 4.69) is 12.6 Å². The summed E-state index contributed by atoms with van der Waals surface area (Å²) in [6.45, 7) is 0. The second-order valence-electron chi connectivity index (χ2n) is 4.00. The van der Waals surface area contributed by atoms with Gasteiger partial charge in [-0.1, -0.05) is 0 Å². The van der Waals surface area contributed by atoms with Crippen LogP contribution in [0.4, 0.5) is 0 Å². The molecule has 1 aliphatic heterocycles. The Balaban J connectivity index is 2.00. The van der Waals surface area contributed by atoms with Crippen molar-refractivity contribution in [3.05, 3.63) is 24.3 Å². The summed E-state index contributed by atoms with van der Waals surface area (Å²) in [4.78, 5) is 0. The van der Waals surface area contributed by atoms with Gasteiger partial charge in [-0.3, -0.25) is 0 Å². The van der Waals surface area contributed by atoms with Gasteiger partial charge in [0.05, 0.1) is 13.2 Å². The molecule has 0 radical (unpaired) electrons. The van der Waals surface area contributed by atoms with E-state index in [9.17, 15) is 10.2 Å². The zero-order valence-electron chi connectivity index (χ0n) is 9.89. The van der Waals surface area contributed by atoms with E-state index in [1.54, 1.807) is 31.4 Å². The van der Waals surface area contributed by atoms with Crippen molar-refractivity contribution in [1.29, 1.82) is 0 Å². The molecule has 6 heteroatoms. The topological polar surface area (TPSA) is 68.2 Å². The van der Waals surface area contributed by atoms with Crippen LogP contribution in [0.5, 0.6) is 11.5 Å². The predicted octanol–water partition coefficient (Wildman–Crippen LogP) is 0.451. The van der Waals surface area contributed by atoms with Gasteiger partial charge in [0, 0.05) is 5.75 Å². The van der Waals surface area contributed by atoms with Gasteiger partial charge in [0.1, 0.15) is 23.7 Å². The summed E-state index contributed by atoms with van der Waals surface area (Å²) < 4.78 is 15.9. The Hall–Kier alpha value is -0.950. The number of ether oxygens (including phenoxy) is 3. The third kappa shape index (κ3) is 2.72. The second kappa shape index (κ2) is 5.79. The van der Waals surface area contributed by atoms with E-state index in [0.717, 1.165) is 0 Å². The molecular formula is C12H16O5S. The first-order chi connectivity index (χ1) is 8.65. The van der Waals surface area contributed by atoms with Gasteiger partial charge in [-0.15, -0.1) is 0 Å². The van der Waals surface area contributed by atoms with E-state index in [4.69, 9.17) is 14.2 Å². The molecule has 1 saturated heterocycles. The second-order valence-corrected chi connectivity index (χ2v) is 4.37. The van der Waals surface area contributed by atoms with Crippen LogP contribution >= 0.6 is 12.6 Å². The first-order valence-electron chi connectivity index (χ1n) is 5.59. The molecule has 0 aromatic heterocycles. The molecule has 100 valence electrons. The highest BCUT2D eigenvalue weighted by molar-refractivity contribution is 7.80. The number of benzene rings is 1. The summed E-state index contributed by atoms with van der Waals surface area (Å²) in [7, 11) is 1.58. The summed E-state index contributed by atoms with van der Waals surface area (Å²) in [6.07, 6.45) is -3.47. The van der Waals surface area contributed by atoms with Crippen LogP contribution in [0.3, 0.4) is 0 Å². The van der Waals surface area contributed by atoms with E-state index in [0.29, 0.717) is 17.3 Å². The number of rotatable bonds is 4. The molecule has 0 spiro atoms.